The fourth-order valence-electron chi connectivity index (χ4n) is 8.72. The molecule has 0 radical (unpaired) electrons. The first-order valence-electron chi connectivity index (χ1n) is 18.3. The molecule has 0 saturated heterocycles. The van der Waals surface area contributed by atoms with Gasteiger partial charge in [-0.25, -0.2) is 9.98 Å². The van der Waals surface area contributed by atoms with Gasteiger partial charge in [-0.15, -0.1) is 0 Å². The summed E-state index contributed by atoms with van der Waals surface area (Å²) in [7, 11) is 0. The van der Waals surface area contributed by atoms with E-state index in [9.17, 15) is 0 Å². The second-order valence-corrected chi connectivity index (χ2v) is 14.3. The van der Waals surface area contributed by atoms with Gasteiger partial charge in [-0.05, 0) is 42.5 Å². The summed E-state index contributed by atoms with van der Waals surface area (Å²) < 4.78 is 9.05. The van der Waals surface area contributed by atoms with Crippen molar-refractivity contribution in [1.29, 1.82) is 0 Å². The van der Waals surface area contributed by atoms with Crippen molar-refractivity contribution < 1.29 is 4.42 Å². The van der Waals surface area contributed by atoms with Crippen molar-refractivity contribution in [3.63, 3.8) is 0 Å². The number of furan rings is 1. The second-order valence-electron chi connectivity index (χ2n) is 14.3. The molecule has 2 aromatic heterocycles. The molecule has 5 heteroatoms. The van der Waals surface area contributed by atoms with Gasteiger partial charge in [0.15, 0.2) is 5.66 Å². The molecule has 1 aliphatic heterocycles. The van der Waals surface area contributed by atoms with E-state index in [4.69, 9.17) is 14.4 Å². The summed E-state index contributed by atoms with van der Waals surface area (Å²) in [6, 6.07) is 46.8. The SMILES string of the molecule is CC1(c2ccc3ccccc3c2-n2c3c(c4ccccc42)=C2C=CC=CC2CC=3)N=C(c2ccccc2)NC(c2cccc3c2oc2ccccc23)=N1. The smallest absolute Gasteiger partial charge is 0.179 e. The van der Waals surface area contributed by atoms with Crippen LogP contribution in [0.2, 0.25) is 0 Å². The Morgan fingerprint density at radius 1 is 0.698 bits per heavy atom. The van der Waals surface area contributed by atoms with Crippen LogP contribution in [0.3, 0.4) is 0 Å². The van der Waals surface area contributed by atoms with Crippen molar-refractivity contribution in [2.45, 2.75) is 19.0 Å². The number of nitrogens with zero attached hydrogens (tertiary/aromatic N) is 3. The molecule has 0 spiro atoms. The number of aliphatic imine (C=N–C) groups is 2. The molecule has 0 saturated carbocycles. The number of hydrogen-bond acceptors (Lipinski definition) is 4. The second kappa shape index (κ2) is 11.4. The summed E-state index contributed by atoms with van der Waals surface area (Å²) in [4.78, 5) is 11.1. The molecule has 2 atom stereocenters. The van der Waals surface area contributed by atoms with E-state index >= 15 is 0 Å². The van der Waals surface area contributed by atoms with Gasteiger partial charge in [-0.2, -0.15) is 0 Å². The highest BCUT2D eigenvalue weighted by Gasteiger charge is 2.36. The highest BCUT2D eigenvalue weighted by molar-refractivity contribution is 6.21. The quantitative estimate of drug-likeness (QED) is 0.201. The number of amidine groups is 2. The third kappa shape index (κ3) is 4.50. The molecule has 8 aromatic rings. The van der Waals surface area contributed by atoms with E-state index in [0.29, 0.717) is 11.8 Å². The summed E-state index contributed by atoms with van der Waals surface area (Å²) in [6.07, 6.45) is 12.4. The Labute approximate surface area is 305 Å². The van der Waals surface area contributed by atoms with E-state index in [-0.39, 0.29) is 0 Å². The van der Waals surface area contributed by atoms with E-state index in [1.165, 1.54) is 32.4 Å². The lowest BCUT2D eigenvalue weighted by atomic mass is 9.86. The van der Waals surface area contributed by atoms with Crippen molar-refractivity contribution in [1.82, 2.24) is 9.88 Å². The highest BCUT2D eigenvalue weighted by Crippen LogP contribution is 2.40. The van der Waals surface area contributed by atoms with Crippen LogP contribution in [-0.4, -0.2) is 16.2 Å². The molecule has 0 bridgehead atoms. The lowest BCUT2D eigenvalue weighted by Crippen LogP contribution is -2.41. The zero-order valence-electron chi connectivity index (χ0n) is 29.1. The van der Waals surface area contributed by atoms with E-state index in [1.807, 2.05) is 18.2 Å². The summed E-state index contributed by atoms with van der Waals surface area (Å²) in [5.41, 5.74) is 7.18. The molecule has 11 rings (SSSR count). The van der Waals surface area contributed by atoms with E-state index in [1.54, 1.807) is 0 Å². The van der Waals surface area contributed by atoms with Crippen LogP contribution in [0.5, 0.6) is 0 Å². The van der Waals surface area contributed by atoms with Gasteiger partial charge in [0, 0.05) is 43.8 Å². The van der Waals surface area contributed by atoms with Gasteiger partial charge in [0.05, 0.1) is 22.1 Å². The predicted molar refractivity (Wildman–Crippen MR) is 218 cm³/mol. The first-order chi connectivity index (χ1) is 26.1. The highest BCUT2D eigenvalue weighted by atomic mass is 16.3. The zero-order valence-corrected chi connectivity index (χ0v) is 29.1. The minimum atomic E-state index is -1.02. The molecule has 252 valence electrons. The standard InChI is InChI=1S/C48H34N4O/c1-48(50-46(32-16-3-2-4-17-32)49-47(51-48)38-23-13-22-36-35-20-10-12-25-42(35)53-45(36)38)39-28-26-31-15-6-8-19-34(31)44(39)52-40-24-11-9-21-37(40)43-33-18-7-5-14-30(33)27-29-41(43)52/h2-26,28-30H,27H2,1H3,(H,49,50,51). The predicted octanol–water partition coefficient (Wildman–Crippen LogP) is 9.43. The molecule has 0 amide bonds. The minimum Gasteiger partial charge on any atom is -0.455 e. The van der Waals surface area contributed by atoms with Crippen LogP contribution in [0.25, 0.3) is 61.0 Å². The van der Waals surface area contributed by atoms with Gasteiger partial charge in [0.2, 0.25) is 0 Å². The van der Waals surface area contributed by atoms with Gasteiger partial charge >= 0.3 is 0 Å². The molecular formula is C48H34N4O. The summed E-state index contributed by atoms with van der Waals surface area (Å²) >= 11 is 0. The maximum atomic E-state index is 6.56. The summed E-state index contributed by atoms with van der Waals surface area (Å²) in [5.74, 6) is 1.84. The van der Waals surface area contributed by atoms with Gasteiger partial charge in [-0.1, -0.05) is 146 Å². The number of allylic oxidation sites excluding steroid dienone is 4. The fourth-order valence-corrected chi connectivity index (χ4v) is 8.72. The van der Waals surface area contributed by atoms with Crippen LogP contribution >= 0.6 is 0 Å². The molecule has 0 fully saturated rings. The normalized spacial score (nSPS) is 19.2. The largest absolute Gasteiger partial charge is 0.455 e. The van der Waals surface area contributed by atoms with Crippen molar-refractivity contribution in [2.24, 2.45) is 15.9 Å². The monoisotopic (exact) mass is 682 g/mol. The van der Waals surface area contributed by atoms with Crippen LogP contribution in [0, 0.1) is 5.92 Å². The number of para-hydroxylation sites is 3. The number of nitrogens with one attached hydrogen (secondary N) is 1. The summed E-state index contributed by atoms with van der Waals surface area (Å²) in [6.45, 7) is 2.14. The van der Waals surface area contributed by atoms with Crippen LogP contribution in [0.1, 0.15) is 30.0 Å². The molecular weight excluding hydrogens is 649 g/mol. The molecule has 6 aromatic carbocycles. The van der Waals surface area contributed by atoms with Gasteiger partial charge < -0.3 is 14.3 Å². The lowest BCUT2D eigenvalue weighted by Gasteiger charge is -2.32. The third-order valence-electron chi connectivity index (χ3n) is 11.1. The lowest BCUT2D eigenvalue weighted by molar-refractivity contribution is 0.516. The van der Waals surface area contributed by atoms with Crippen LogP contribution in [-0.2, 0) is 5.66 Å². The van der Waals surface area contributed by atoms with Gasteiger partial charge in [0.1, 0.15) is 22.8 Å². The number of hydrogen-bond donors (Lipinski definition) is 1. The average Bonchev–Trinajstić information content (AvgIpc) is 3.77. The van der Waals surface area contributed by atoms with Crippen molar-refractivity contribution >= 4 is 66.9 Å². The number of fused-ring (bicyclic) bond motifs is 8. The fraction of sp³-hybridized carbons (Fsp3) is 0.0833. The van der Waals surface area contributed by atoms with Crippen LogP contribution in [0.4, 0.5) is 0 Å². The van der Waals surface area contributed by atoms with E-state index in [0.717, 1.165) is 62.0 Å². The van der Waals surface area contributed by atoms with Gasteiger partial charge in [-0.3, -0.25) is 0 Å². The molecule has 3 heterocycles. The molecule has 53 heavy (non-hydrogen) atoms. The molecule has 1 N–H and O–H groups in total. The van der Waals surface area contributed by atoms with Gasteiger partial charge in [0.25, 0.3) is 0 Å². The number of aromatic nitrogens is 1. The first kappa shape index (κ1) is 30.0. The van der Waals surface area contributed by atoms with Crippen molar-refractivity contribution in [3.8, 4) is 5.69 Å². The zero-order chi connectivity index (χ0) is 35.1. The average molecular weight is 683 g/mol. The Hall–Kier alpha value is -6.72. The minimum absolute atomic E-state index is 0.367. The Morgan fingerprint density at radius 2 is 1.45 bits per heavy atom. The molecule has 3 aliphatic rings. The summed E-state index contributed by atoms with van der Waals surface area (Å²) in [5, 5.41) is 11.9. The maximum absolute atomic E-state index is 6.56. The maximum Gasteiger partial charge on any atom is 0.179 e. The third-order valence-corrected chi connectivity index (χ3v) is 11.1. The topological polar surface area (TPSA) is 54.8 Å². The Balaban J connectivity index is 1.24. The van der Waals surface area contributed by atoms with Crippen molar-refractivity contribution in [2.75, 3.05) is 0 Å². The Morgan fingerprint density at radius 3 is 2.36 bits per heavy atom. The van der Waals surface area contributed by atoms with E-state index < -0.39 is 5.66 Å². The Bertz CT molecular complexity index is 3080. The first-order valence-corrected chi connectivity index (χ1v) is 18.3. The molecule has 2 unspecified atom stereocenters. The number of benzene rings is 6. The van der Waals surface area contributed by atoms with Crippen LogP contribution in [0.15, 0.2) is 172 Å². The molecule has 5 nitrogen and oxygen atoms in total. The Kier molecular flexibility index (Phi) is 6.44. The van der Waals surface area contributed by atoms with Crippen molar-refractivity contribution in [3.05, 3.63) is 185 Å². The van der Waals surface area contributed by atoms with Crippen LogP contribution < -0.4 is 15.9 Å². The number of rotatable bonds is 4. The van der Waals surface area contributed by atoms with E-state index in [2.05, 4.69) is 162 Å². The molecule has 2 aliphatic carbocycles.